The van der Waals surface area contributed by atoms with E-state index in [0.29, 0.717) is 40.6 Å². The van der Waals surface area contributed by atoms with Gasteiger partial charge in [-0.1, -0.05) is 0 Å². The minimum atomic E-state index is -0.916. The van der Waals surface area contributed by atoms with Gasteiger partial charge in [-0.3, -0.25) is 19.4 Å². The van der Waals surface area contributed by atoms with E-state index in [-0.39, 0.29) is 57.8 Å². The summed E-state index contributed by atoms with van der Waals surface area (Å²) in [6.07, 6.45) is 11.1. The molecule has 69 heavy (non-hydrogen) atoms. The third kappa shape index (κ3) is 10.6. The second-order valence-corrected chi connectivity index (χ2v) is 21.7. The Hall–Kier alpha value is -5.59. The minimum Gasteiger partial charge on any atom is -0.476 e. The predicted molar refractivity (Wildman–Crippen MR) is 267 cm³/mol. The van der Waals surface area contributed by atoms with Crippen molar-refractivity contribution >= 4 is 63.7 Å². The number of hydrogen-bond acceptors (Lipinski definition) is 14. The van der Waals surface area contributed by atoms with Crippen LogP contribution in [0.5, 0.6) is 11.5 Å². The molecule has 4 atom stereocenters. The number of aromatic nitrogens is 4. The Balaban J connectivity index is 0.000000155. The maximum Gasteiger partial charge on any atom is 0.270 e. The van der Waals surface area contributed by atoms with Gasteiger partial charge in [-0.05, 0) is 168 Å². The van der Waals surface area contributed by atoms with E-state index in [1.54, 1.807) is 75.9 Å². The van der Waals surface area contributed by atoms with Crippen molar-refractivity contribution in [3.05, 3.63) is 65.7 Å². The molecule has 10 rings (SSSR count). The standard InChI is InChI=1S/C25H33FN6O2.C14H20ClFN4.C11H14N2O2/c1-24(2)13-16(11-17-7-6-10-32(17)24)28-21-18(26)14-27-23(30-21)29-15-8-9-20-19(12-15)31(5)22(33)25(3,4)34-20;1-14(2)7-9(6-10-4-3-5-20(10)14)18-12-11(16)8-17-13(15)19-12;1-11(2)10(14)13(3)8-6-7(12)4-5-9(8)15-11/h8-9,12,14,16-17H,6-7,10-11,13H2,1-5H3,(H2,27,28,29,30);8-10H,3-7H2,1-2H3,(H,17,18,19);4-6H,12H2,1-3H3/t16-,17+;9-,10+;/m11./s1. The van der Waals surface area contributed by atoms with Gasteiger partial charge in [0.1, 0.15) is 11.5 Å². The van der Waals surface area contributed by atoms with Gasteiger partial charge in [0.25, 0.3) is 11.8 Å². The smallest absolute Gasteiger partial charge is 0.270 e. The maximum atomic E-state index is 14.6. The Morgan fingerprint density at radius 1 is 0.696 bits per heavy atom. The molecule has 0 spiro atoms. The van der Waals surface area contributed by atoms with Gasteiger partial charge < -0.3 is 41.0 Å². The van der Waals surface area contributed by atoms with Crippen molar-refractivity contribution in [2.24, 2.45) is 0 Å². The lowest BCUT2D eigenvalue weighted by Crippen LogP contribution is -2.55. The normalized spacial score (nSPS) is 24.9. The molecular weight excluding hydrogens is 906 g/mol. The molecule has 4 saturated heterocycles. The molecule has 2 aromatic heterocycles. The molecule has 2 aromatic carbocycles. The Kier molecular flexibility index (Phi) is 13.7. The summed E-state index contributed by atoms with van der Waals surface area (Å²) < 4.78 is 39.8. The molecule has 0 bridgehead atoms. The SMILES string of the molecule is CC1(C)C[C@H](Nc2nc(Cl)ncc2F)C[C@@H]2CCCN21.CN1C(=O)C(C)(C)Oc2ccc(N)cc21.CN1C(=O)C(C)(C)Oc2ccc(Nc3ncc(F)c(N[C@@H]4C[C@@H]5CCCN5C(C)(C)C4)n3)cc21. The zero-order chi connectivity index (χ0) is 49.8. The van der Waals surface area contributed by atoms with Crippen molar-refractivity contribution in [3.63, 3.8) is 0 Å². The third-order valence-corrected chi connectivity index (χ3v) is 14.5. The lowest BCUT2D eigenvalue weighted by Gasteiger charge is -2.47. The van der Waals surface area contributed by atoms with E-state index in [4.69, 9.17) is 26.8 Å². The molecule has 372 valence electrons. The molecule has 0 radical (unpaired) electrons. The quantitative estimate of drug-likeness (QED) is 0.106. The maximum absolute atomic E-state index is 14.6. The second-order valence-electron chi connectivity index (χ2n) is 21.4. The van der Waals surface area contributed by atoms with Gasteiger partial charge in [-0.15, -0.1) is 0 Å². The summed E-state index contributed by atoms with van der Waals surface area (Å²) in [5.41, 5.74) is 6.83. The number of nitrogen functional groups attached to an aromatic ring is 1. The number of nitrogens with one attached hydrogen (secondary N) is 3. The second kappa shape index (κ2) is 19.0. The van der Waals surface area contributed by atoms with Gasteiger partial charge >= 0.3 is 0 Å². The summed E-state index contributed by atoms with van der Waals surface area (Å²) in [6, 6.07) is 12.2. The minimum absolute atomic E-state index is 0.0689. The lowest BCUT2D eigenvalue weighted by atomic mass is 9.84. The van der Waals surface area contributed by atoms with Crippen molar-refractivity contribution in [2.45, 2.75) is 153 Å². The summed E-state index contributed by atoms with van der Waals surface area (Å²) in [4.78, 5) is 48.9. The fourth-order valence-electron chi connectivity index (χ4n) is 11.2. The number of carbonyl (C=O) groups excluding carboxylic acids is 2. The zero-order valence-electron chi connectivity index (χ0n) is 41.4. The van der Waals surface area contributed by atoms with E-state index in [2.05, 4.69) is 73.4 Å². The highest BCUT2D eigenvalue weighted by Crippen LogP contribution is 2.42. The first-order valence-corrected chi connectivity index (χ1v) is 24.3. The number of rotatable bonds is 6. The molecule has 2 amide bonds. The van der Waals surface area contributed by atoms with Gasteiger partial charge in [0.05, 0.1) is 23.8 Å². The summed E-state index contributed by atoms with van der Waals surface area (Å²) in [5, 5.41) is 9.78. The highest BCUT2D eigenvalue weighted by Gasteiger charge is 2.45. The fourth-order valence-corrected chi connectivity index (χ4v) is 11.4. The van der Waals surface area contributed by atoms with Crippen LogP contribution < -0.4 is 41.0 Å². The average molecular weight is 974 g/mol. The monoisotopic (exact) mass is 973 g/mol. The van der Waals surface area contributed by atoms with Crippen LogP contribution >= 0.6 is 11.6 Å². The Bertz CT molecular complexity index is 2580. The number of likely N-dealkylation sites (N-methyl/N-ethyl adjacent to an activating group) is 2. The van der Waals surface area contributed by atoms with Crippen LogP contribution in [0.3, 0.4) is 0 Å². The Morgan fingerprint density at radius 3 is 1.71 bits per heavy atom. The number of nitrogens with zero attached hydrogens (tertiary/aromatic N) is 8. The third-order valence-electron chi connectivity index (χ3n) is 14.3. The van der Waals surface area contributed by atoms with Crippen molar-refractivity contribution < 1.29 is 27.8 Å². The molecule has 0 saturated carbocycles. The number of benzene rings is 2. The summed E-state index contributed by atoms with van der Waals surface area (Å²) in [6.45, 7) is 18.4. The van der Waals surface area contributed by atoms with Crippen LogP contribution in [0.2, 0.25) is 5.28 Å². The van der Waals surface area contributed by atoms with Crippen molar-refractivity contribution in [1.29, 1.82) is 0 Å². The van der Waals surface area contributed by atoms with Gasteiger partial charge in [0.15, 0.2) is 34.5 Å². The highest BCUT2D eigenvalue weighted by molar-refractivity contribution is 6.28. The molecule has 19 heteroatoms. The molecule has 0 unspecified atom stereocenters. The fraction of sp³-hybridized carbons (Fsp3) is 0.560. The van der Waals surface area contributed by atoms with E-state index in [0.717, 1.165) is 44.1 Å². The first-order valence-electron chi connectivity index (χ1n) is 23.9. The van der Waals surface area contributed by atoms with Gasteiger partial charge in [0.2, 0.25) is 11.2 Å². The molecule has 6 aliphatic heterocycles. The van der Waals surface area contributed by atoms with E-state index >= 15 is 0 Å². The van der Waals surface area contributed by atoms with Gasteiger partial charge in [0, 0.05) is 60.7 Å². The molecule has 5 N–H and O–H groups in total. The number of amides is 2. The van der Waals surface area contributed by atoms with Crippen LogP contribution in [0.15, 0.2) is 48.8 Å². The molecule has 16 nitrogen and oxygen atoms in total. The number of halogens is 3. The van der Waals surface area contributed by atoms with Crippen molar-refractivity contribution in [3.8, 4) is 11.5 Å². The largest absolute Gasteiger partial charge is 0.476 e. The lowest BCUT2D eigenvalue weighted by molar-refractivity contribution is -0.132. The number of fused-ring (bicyclic) bond motifs is 4. The molecule has 4 fully saturated rings. The molecular formula is C50H67ClF2N12O4. The molecule has 4 aromatic rings. The van der Waals surface area contributed by atoms with E-state index < -0.39 is 22.8 Å². The van der Waals surface area contributed by atoms with Crippen LogP contribution in [0.25, 0.3) is 0 Å². The summed E-state index contributed by atoms with van der Waals surface area (Å²) in [5.74, 6) is 0.921. The number of anilines is 7. The van der Waals surface area contributed by atoms with Crippen LogP contribution in [0, 0.1) is 11.6 Å². The van der Waals surface area contributed by atoms with E-state index in [1.807, 2.05) is 12.1 Å². The topological polar surface area (TPSA) is 179 Å². The summed E-state index contributed by atoms with van der Waals surface area (Å²) >= 11 is 5.74. The first-order chi connectivity index (χ1) is 32.4. The number of nitrogens with two attached hydrogens (primary N) is 1. The van der Waals surface area contributed by atoms with Crippen LogP contribution in [0.1, 0.15) is 107 Å². The van der Waals surface area contributed by atoms with Crippen molar-refractivity contribution in [2.75, 3.05) is 58.7 Å². The Labute approximate surface area is 409 Å². The molecule has 6 aliphatic rings. The van der Waals surface area contributed by atoms with E-state index in [1.165, 1.54) is 38.4 Å². The highest BCUT2D eigenvalue weighted by atomic mass is 35.5. The van der Waals surface area contributed by atoms with Gasteiger partial charge in [-0.25, -0.2) is 18.7 Å². The first kappa shape index (κ1) is 49.8. The number of carbonyl (C=O) groups is 2. The average Bonchev–Trinajstić information content (AvgIpc) is 3.97. The van der Waals surface area contributed by atoms with Gasteiger partial charge in [-0.2, -0.15) is 9.97 Å². The summed E-state index contributed by atoms with van der Waals surface area (Å²) in [7, 11) is 3.45. The Morgan fingerprint density at radius 2 is 1.17 bits per heavy atom. The number of piperidine rings is 2. The zero-order valence-corrected chi connectivity index (χ0v) is 42.2. The predicted octanol–water partition coefficient (Wildman–Crippen LogP) is 8.80. The number of hydrogen-bond donors (Lipinski definition) is 4. The van der Waals surface area contributed by atoms with Crippen LogP contribution in [-0.2, 0) is 9.59 Å². The number of ether oxygens (including phenoxy) is 2. The molecule has 0 aliphatic carbocycles. The van der Waals surface area contributed by atoms with E-state index in [9.17, 15) is 18.4 Å². The van der Waals surface area contributed by atoms with Crippen LogP contribution in [-0.4, -0.2) is 115 Å². The molecule has 8 heterocycles. The van der Waals surface area contributed by atoms with Crippen LogP contribution in [0.4, 0.5) is 49.1 Å². The van der Waals surface area contributed by atoms with Crippen molar-refractivity contribution in [1.82, 2.24) is 29.7 Å².